The van der Waals surface area contributed by atoms with E-state index in [0.717, 1.165) is 38.5 Å². The second kappa shape index (κ2) is 12.6. The van der Waals surface area contributed by atoms with Crippen molar-refractivity contribution in [2.75, 3.05) is 13.2 Å². The Balaban J connectivity index is 3.18. The van der Waals surface area contributed by atoms with Gasteiger partial charge in [0.2, 0.25) is 0 Å². The quantitative estimate of drug-likeness (QED) is 0.290. The molecule has 0 bridgehead atoms. The van der Waals surface area contributed by atoms with E-state index in [4.69, 9.17) is 9.05 Å². The maximum absolute atomic E-state index is 11.2. The molecule has 3 nitrogen and oxygen atoms in total. The van der Waals surface area contributed by atoms with Crippen LogP contribution in [-0.2, 0) is 13.6 Å². The van der Waals surface area contributed by atoms with Crippen LogP contribution in [0.3, 0.4) is 0 Å². The summed E-state index contributed by atoms with van der Waals surface area (Å²) in [5.41, 5.74) is 0. The summed E-state index contributed by atoms with van der Waals surface area (Å²) < 4.78 is 21.2. The van der Waals surface area contributed by atoms with Gasteiger partial charge in [0.15, 0.2) is 0 Å². The minimum absolute atomic E-state index is 0.496. The van der Waals surface area contributed by atoms with Crippen LogP contribution >= 0.6 is 8.25 Å². The lowest BCUT2D eigenvalue weighted by molar-refractivity contribution is 0.219. The van der Waals surface area contributed by atoms with Gasteiger partial charge in [-0.15, -0.1) is 22.2 Å². The van der Waals surface area contributed by atoms with Gasteiger partial charge < -0.3 is 0 Å². The van der Waals surface area contributed by atoms with Gasteiger partial charge in [0.25, 0.3) is 0 Å². The average Bonchev–Trinajstić information content (AvgIpc) is 2.28. The van der Waals surface area contributed by atoms with Crippen molar-refractivity contribution in [3.8, 4) is 0 Å². The fourth-order valence-electron chi connectivity index (χ4n) is 1.10. The van der Waals surface area contributed by atoms with E-state index in [1.54, 1.807) is 0 Å². The molecule has 0 unspecified atom stereocenters. The van der Waals surface area contributed by atoms with Crippen LogP contribution in [0.25, 0.3) is 0 Å². The Morgan fingerprint density at radius 1 is 0.875 bits per heavy atom. The molecule has 0 saturated heterocycles. The molecular weight excluding hydrogens is 223 g/mol. The van der Waals surface area contributed by atoms with Crippen molar-refractivity contribution in [2.45, 2.75) is 38.5 Å². The van der Waals surface area contributed by atoms with E-state index in [-0.39, 0.29) is 0 Å². The van der Waals surface area contributed by atoms with Crippen LogP contribution in [0.4, 0.5) is 0 Å². The van der Waals surface area contributed by atoms with Crippen LogP contribution in [0.1, 0.15) is 38.5 Å². The van der Waals surface area contributed by atoms with E-state index in [1.807, 2.05) is 12.2 Å². The molecule has 0 saturated carbocycles. The van der Waals surface area contributed by atoms with Gasteiger partial charge in [0, 0.05) is 4.57 Å². The van der Waals surface area contributed by atoms with E-state index in [2.05, 4.69) is 13.2 Å². The lowest BCUT2D eigenvalue weighted by Gasteiger charge is -1.93. The SMILES string of the molecule is C=CCCCCO[P+](=O)OCCCCC=C. The maximum atomic E-state index is 11.2. The van der Waals surface area contributed by atoms with Crippen molar-refractivity contribution < 1.29 is 13.6 Å². The molecule has 0 aromatic rings. The topological polar surface area (TPSA) is 35.5 Å². The van der Waals surface area contributed by atoms with Crippen LogP contribution in [0.15, 0.2) is 25.3 Å². The fraction of sp³-hybridized carbons (Fsp3) is 0.667. The van der Waals surface area contributed by atoms with Gasteiger partial charge in [-0.3, -0.25) is 0 Å². The molecule has 16 heavy (non-hydrogen) atoms. The van der Waals surface area contributed by atoms with Crippen LogP contribution < -0.4 is 0 Å². The highest BCUT2D eigenvalue weighted by atomic mass is 31.1. The first-order chi connectivity index (χ1) is 7.81. The zero-order valence-corrected chi connectivity index (χ0v) is 10.8. The van der Waals surface area contributed by atoms with Gasteiger partial charge in [-0.1, -0.05) is 12.2 Å². The molecule has 0 rings (SSSR count). The largest absolute Gasteiger partial charge is 0.697 e. The lowest BCUT2D eigenvalue weighted by atomic mass is 10.2. The number of hydrogen-bond acceptors (Lipinski definition) is 3. The van der Waals surface area contributed by atoms with Crippen LogP contribution in [0, 0.1) is 0 Å². The third-order valence-electron chi connectivity index (χ3n) is 2.00. The zero-order chi connectivity index (χ0) is 12.1. The predicted octanol–water partition coefficient (Wildman–Crippen LogP) is 4.39. The van der Waals surface area contributed by atoms with Crippen molar-refractivity contribution in [3.05, 3.63) is 25.3 Å². The average molecular weight is 245 g/mol. The molecule has 0 aromatic carbocycles. The van der Waals surface area contributed by atoms with Gasteiger partial charge in [-0.2, -0.15) is 0 Å². The third kappa shape index (κ3) is 11.6. The van der Waals surface area contributed by atoms with Crippen molar-refractivity contribution in [1.29, 1.82) is 0 Å². The molecule has 0 aliphatic rings. The number of unbranched alkanes of at least 4 members (excludes halogenated alkanes) is 4. The van der Waals surface area contributed by atoms with Crippen LogP contribution in [-0.4, -0.2) is 13.2 Å². The Morgan fingerprint density at radius 3 is 1.69 bits per heavy atom. The summed E-state index contributed by atoms with van der Waals surface area (Å²) in [5, 5.41) is 0. The molecule has 92 valence electrons. The zero-order valence-electron chi connectivity index (χ0n) is 9.90. The minimum atomic E-state index is -1.92. The molecule has 0 aliphatic heterocycles. The van der Waals surface area contributed by atoms with Gasteiger partial charge >= 0.3 is 8.25 Å². The molecule has 0 atom stereocenters. The van der Waals surface area contributed by atoms with Crippen molar-refractivity contribution in [1.82, 2.24) is 0 Å². The second-order valence-electron chi connectivity index (χ2n) is 3.46. The van der Waals surface area contributed by atoms with Crippen molar-refractivity contribution >= 4 is 8.25 Å². The molecule has 0 N–H and O–H groups in total. The van der Waals surface area contributed by atoms with E-state index in [0.29, 0.717) is 13.2 Å². The van der Waals surface area contributed by atoms with Gasteiger partial charge in [-0.05, 0) is 38.5 Å². The summed E-state index contributed by atoms with van der Waals surface area (Å²) in [6.45, 7) is 8.25. The minimum Gasteiger partial charge on any atom is -0.119 e. The summed E-state index contributed by atoms with van der Waals surface area (Å²) in [4.78, 5) is 0. The highest BCUT2D eigenvalue weighted by molar-refractivity contribution is 7.33. The summed E-state index contributed by atoms with van der Waals surface area (Å²) in [6.07, 6.45) is 9.52. The lowest BCUT2D eigenvalue weighted by Crippen LogP contribution is -1.91. The van der Waals surface area contributed by atoms with E-state index < -0.39 is 8.25 Å². The Morgan fingerprint density at radius 2 is 1.31 bits per heavy atom. The highest BCUT2D eigenvalue weighted by Gasteiger charge is 2.18. The number of hydrogen-bond donors (Lipinski definition) is 0. The normalized spacial score (nSPS) is 10.0. The molecular formula is C12H22O3P+. The van der Waals surface area contributed by atoms with Gasteiger partial charge in [0.05, 0.1) is 0 Å². The van der Waals surface area contributed by atoms with E-state index in [9.17, 15) is 4.57 Å². The van der Waals surface area contributed by atoms with E-state index in [1.165, 1.54) is 0 Å². The van der Waals surface area contributed by atoms with Gasteiger partial charge in [-0.25, -0.2) is 0 Å². The van der Waals surface area contributed by atoms with E-state index >= 15 is 0 Å². The Kier molecular flexibility index (Phi) is 12.2. The van der Waals surface area contributed by atoms with Gasteiger partial charge in [0.1, 0.15) is 13.2 Å². The molecule has 0 heterocycles. The summed E-state index contributed by atoms with van der Waals surface area (Å²) in [6, 6.07) is 0. The maximum Gasteiger partial charge on any atom is 0.697 e. The molecule has 4 heteroatoms. The molecule has 0 radical (unpaired) electrons. The van der Waals surface area contributed by atoms with Crippen molar-refractivity contribution in [2.24, 2.45) is 0 Å². The number of rotatable bonds is 12. The number of allylic oxidation sites excluding steroid dienone is 2. The Labute approximate surface area is 99.5 Å². The molecule has 0 aliphatic carbocycles. The van der Waals surface area contributed by atoms with Crippen LogP contribution in [0.5, 0.6) is 0 Å². The summed E-state index contributed by atoms with van der Waals surface area (Å²) in [5.74, 6) is 0. The standard InChI is InChI=1S/C12H22O3P/c1-3-5-7-9-11-14-16(13)15-12-10-8-6-4-2/h3-4H,1-2,5-12H2/q+1. The highest BCUT2D eigenvalue weighted by Crippen LogP contribution is 2.24. The fourth-order valence-corrected chi connectivity index (χ4v) is 1.73. The molecule has 0 spiro atoms. The van der Waals surface area contributed by atoms with Crippen LogP contribution in [0.2, 0.25) is 0 Å². The molecule has 0 amide bonds. The second-order valence-corrected chi connectivity index (χ2v) is 4.42. The first-order valence-corrected chi connectivity index (χ1v) is 6.85. The summed E-state index contributed by atoms with van der Waals surface area (Å²) in [7, 11) is -1.92. The first-order valence-electron chi connectivity index (χ1n) is 5.76. The summed E-state index contributed by atoms with van der Waals surface area (Å²) >= 11 is 0. The van der Waals surface area contributed by atoms with Crippen molar-refractivity contribution in [3.63, 3.8) is 0 Å². The molecule has 0 fully saturated rings. The monoisotopic (exact) mass is 245 g/mol. The Hall–Kier alpha value is -0.500. The first kappa shape index (κ1) is 15.5. The molecule has 0 aromatic heterocycles. The Bertz CT molecular complexity index is 184. The predicted molar refractivity (Wildman–Crippen MR) is 67.6 cm³/mol. The smallest absolute Gasteiger partial charge is 0.119 e. The third-order valence-corrected chi connectivity index (χ3v) is 2.79.